The van der Waals surface area contributed by atoms with Crippen molar-refractivity contribution < 1.29 is 23.8 Å². The topological polar surface area (TPSA) is 77.1 Å². The first-order chi connectivity index (χ1) is 13.0. The number of ether oxygens (including phenoxy) is 3. The van der Waals surface area contributed by atoms with Gasteiger partial charge in [0.05, 0.1) is 11.7 Å². The highest BCUT2D eigenvalue weighted by Crippen LogP contribution is 2.35. The second kappa shape index (κ2) is 6.83. The summed E-state index contributed by atoms with van der Waals surface area (Å²) in [5.41, 5.74) is 1.50. The number of benzene rings is 2. The van der Waals surface area contributed by atoms with Crippen LogP contribution in [0.2, 0.25) is 0 Å². The van der Waals surface area contributed by atoms with Crippen LogP contribution in [-0.2, 0) is 9.59 Å². The van der Waals surface area contributed by atoms with E-state index in [9.17, 15) is 9.59 Å². The third kappa shape index (κ3) is 3.28. The van der Waals surface area contributed by atoms with Crippen LogP contribution in [0.5, 0.6) is 17.2 Å². The van der Waals surface area contributed by atoms with Crippen LogP contribution in [0, 0.1) is 0 Å². The fourth-order valence-electron chi connectivity index (χ4n) is 3.22. The molecule has 0 spiro atoms. The van der Waals surface area contributed by atoms with Crippen LogP contribution >= 0.6 is 0 Å². The molecule has 0 saturated carbocycles. The number of hydrogen-bond acceptors (Lipinski definition) is 5. The van der Waals surface area contributed by atoms with Gasteiger partial charge >= 0.3 is 0 Å². The van der Waals surface area contributed by atoms with Crippen LogP contribution in [0.4, 0.5) is 5.69 Å². The Morgan fingerprint density at radius 1 is 1.19 bits per heavy atom. The van der Waals surface area contributed by atoms with Gasteiger partial charge in [0.1, 0.15) is 12.3 Å². The summed E-state index contributed by atoms with van der Waals surface area (Å²) < 4.78 is 16.3. The minimum absolute atomic E-state index is 0.0710. The number of nitrogens with one attached hydrogen (secondary N) is 1. The minimum atomic E-state index is -0.626. The van der Waals surface area contributed by atoms with Gasteiger partial charge in [-0.1, -0.05) is 18.2 Å². The average molecular weight is 368 g/mol. The Hall–Kier alpha value is -3.22. The largest absolute Gasteiger partial charge is 0.479 e. The van der Waals surface area contributed by atoms with Gasteiger partial charge in [0.15, 0.2) is 17.6 Å². The van der Waals surface area contributed by atoms with Crippen molar-refractivity contribution in [1.29, 1.82) is 0 Å². The summed E-state index contributed by atoms with van der Waals surface area (Å²) in [7, 11) is 0. The number of para-hydroxylation sites is 2. The highest BCUT2D eigenvalue weighted by atomic mass is 16.7. The molecule has 0 saturated heterocycles. The lowest BCUT2D eigenvalue weighted by Gasteiger charge is -2.32. The number of fused-ring (bicyclic) bond motifs is 2. The third-order valence-electron chi connectivity index (χ3n) is 4.65. The quantitative estimate of drug-likeness (QED) is 0.897. The molecule has 7 nitrogen and oxygen atoms in total. The van der Waals surface area contributed by atoms with Crippen molar-refractivity contribution in [3.05, 3.63) is 48.0 Å². The Morgan fingerprint density at radius 2 is 1.96 bits per heavy atom. The monoisotopic (exact) mass is 368 g/mol. The van der Waals surface area contributed by atoms with Gasteiger partial charge in [-0.15, -0.1) is 0 Å². The predicted octanol–water partition coefficient (Wildman–Crippen LogP) is 2.41. The smallest absolute Gasteiger partial charge is 0.268 e. The lowest BCUT2D eigenvalue weighted by Crippen LogP contribution is -2.49. The van der Waals surface area contributed by atoms with Crippen LogP contribution in [-0.4, -0.2) is 31.3 Å². The van der Waals surface area contributed by atoms with E-state index in [4.69, 9.17) is 14.2 Å². The molecule has 0 bridgehead atoms. The lowest BCUT2D eigenvalue weighted by atomic mass is 10.1. The van der Waals surface area contributed by atoms with Crippen LogP contribution in [0.15, 0.2) is 42.5 Å². The molecule has 0 aromatic heterocycles. The van der Waals surface area contributed by atoms with Crippen LogP contribution in [0.25, 0.3) is 0 Å². The van der Waals surface area contributed by atoms with Crippen molar-refractivity contribution in [2.24, 2.45) is 0 Å². The first kappa shape index (κ1) is 17.2. The molecule has 0 fully saturated rings. The molecule has 0 radical (unpaired) electrons. The molecule has 2 amide bonds. The van der Waals surface area contributed by atoms with Crippen molar-refractivity contribution in [2.45, 2.75) is 26.0 Å². The minimum Gasteiger partial charge on any atom is -0.479 e. The number of nitrogens with zero attached hydrogens (tertiary/aromatic N) is 1. The molecule has 2 unspecified atom stereocenters. The summed E-state index contributed by atoms with van der Waals surface area (Å²) in [4.78, 5) is 26.6. The van der Waals surface area contributed by atoms with Gasteiger partial charge in [-0.2, -0.15) is 0 Å². The van der Waals surface area contributed by atoms with Crippen molar-refractivity contribution >= 4 is 17.5 Å². The Kier molecular flexibility index (Phi) is 4.35. The molecule has 0 aliphatic carbocycles. The molecule has 1 N–H and O–H groups in total. The molecular weight excluding hydrogens is 348 g/mol. The highest BCUT2D eigenvalue weighted by molar-refractivity contribution is 6.03. The van der Waals surface area contributed by atoms with Crippen LogP contribution < -0.4 is 24.4 Å². The Balaban J connectivity index is 1.47. The van der Waals surface area contributed by atoms with Crippen molar-refractivity contribution in [3.8, 4) is 17.2 Å². The van der Waals surface area contributed by atoms with E-state index >= 15 is 0 Å². The summed E-state index contributed by atoms with van der Waals surface area (Å²) in [6.45, 7) is 3.69. The fraction of sp³-hybridized carbons (Fsp3) is 0.300. The fourth-order valence-corrected chi connectivity index (χ4v) is 3.22. The summed E-state index contributed by atoms with van der Waals surface area (Å²) in [6, 6.07) is 12.5. The molecule has 2 aromatic rings. The number of amides is 2. The van der Waals surface area contributed by atoms with Gasteiger partial charge in [0.2, 0.25) is 12.7 Å². The number of rotatable bonds is 4. The highest BCUT2D eigenvalue weighted by Gasteiger charge is 2.32. The molecule has 2 aromatic carbocycles. The van der Waals surface area contributed by atoms with E-state index in [-0.39, 0.29) is 31.2 Å². The number of hydrogen-bond donors (Lipinski definition) is 1. The number of carbonyl (C=O) groups excluding carboxylic acids is 2. The molecule has 2 atom stereocenters. The second-order valence-electron chi connectivity index (χ2n) is 6.55. The maximum absolute atomic E-state index is 12.6. The van der Waals surface area contributed by atoms with Gasteiger partial charge in [-0.05, 0) is 43.7 Å². The van der Waals surface area contributed by atoms with Crippen molar-refractivity contribution in [2.75, 3.05) is 18.2 Å². The second-order valence-corrected chi connectivity index (χ2v) is 6.55. The molecule has 4 rings (SSSR count). The van der Waals surface area contributed by atoms with E-state index in [1.165, 1.54) is 4.90 Å². The van der Waals surface area contributed by atoms with E-state index in [2.05, 4.69) is 5.32 Å². The first-order valence-electron chi connectivity index (χ1n) is 8.79. The van der Waals surface area contributed by atoms with Gasteiger partial charge in [-0.25, -0.2) is 0 Å². The molecule has 2 heterocycles. The zero-order valence-electron chi connectivity index (χ0n) is 15.1. The predicted molar refractivity (Wildman–Crippen MR) is 98.0 cm³/mol. The van der Waals surface area contributed by atoms with Gasteiger partial charge in [0, 0.05) is 0 Å². The van der Waals surface area contributed by atoms with Crippen molar-refractivity contribution in [3.63, 3.8) is 0 Å². The standard InChI is InChI=1S/C20H20N2O5/c1-12(14-7-8-17-18(9-14)26-11-25-17)21-19(23)10-22-15-5-3-4-6-16(15)27-13(2)20(22)24/h3-9,12-13H,10-11H2,1-2H3,(H,21,23). The van der Waals surface area contributed by atoms with Crippen molar-refractivity contribution in [1.82, 2.24) is 5.32 Å². The van der Waals surface area contributed by atoms with E-state index < -0.39 is 6.10 Å². The molecule has 27 heavy (non-hydrogen) atoms. The SMILES string of the molecule is CC1Oc2ccccc2N(CC(=O)NC(C)c2ccc3c(c2)OCO3)C1=O. The molecule has 2 aliphatic rings. The van der Waals surface area contributed by atoms with Gasteiger partial charge in [-0.3, -0.25) is 14.5 Å². The Bertz CT molecular complexity index is 898. The maximum Gasteiger partial charge on any atom is 0.268 e. The van der Waals surface area contributed by atoms with Crippen LogP contribution in [0.3, 0.4) is 0 Å². The zero-order chi connectivity index (χ0) is 19.0. The molecule has 2 aliphatic heterocycles. The van der Waals surface area contributed by atoms with E-state index in [0.717, 1.165) is 5.56 Å². The van der Waals surface area contributed by atoms with Gasteiger partial charge in [0.25, 0.3) is 5.91 Å². The zero-order valence-corrected chi connectivity index (χ0v) is 15.1. The Labute approximate surface area is 156 Å². The third-order valence-corrected chi connectivity index (χ3v) is 4.65. The average Bonchev–Trinajstić information content (AvgIpc) is 3.13. The summed E-state index contributed by atoms with van der Waals surface area (Å²) in [5, 5.41) is 2.93. The van der Waals surface area contributed by atoms with Gasteiger partial charge < -0.3 is 19.5 Å². The van der Waals surface area contributed by atoms with Crippen LogP contribution in [0.1, 0.15) is 25.5 Å². The van der Waals surface area contributed by atoms with E-state index in [0.29, 0.717) is 22.9 Å². The molecule has 7 heteroatoms. The molecule has 140 valence electrons. The summed E-state index contributed by atoms with van der Waals surface area (Å²) in [5.74, 6) is 1.47. The summed E-state index contributed by atoms with van der Waals surface area (Å²) >= 11 is 0. The van der Waals surface area contributed by atoms with E-state index in [1.807, 2.05) is 37.3 Å². The molecular formula is C20H20N2O5. The van der Waals surface area contributed by atoms with E-state index in [1.54, 1.807) is 19.1 Å². The Morgan fingerprint density at radius 3 is 2.81 bits per heavy atom. The number of anilines is 1. The lowest BCUT2D eigenvalue weighted by molar-refractivity contribution is -0.128. The normalized spacial score (nSPS) is 18.5. The number of carbonyl (C=O) groups is 2. The first-order valence-corrected chi connectivity index (χ1v) is 8.79. The summed E-state index contributed by atoms with van der Waals surface area (Å²) in [6.07, 6.45) is -0.626. The maximum atomic E-state index is 12.6.